The van der Waals surface area contributed by atoms with Crippen molar-refractivity contribution in [3.8, 4) is 0 Å². The smallest absolute Gasteiger partial charge is 0.303 e. The van der Waals surface area contributed by atoms with E-state index in [1.165, 1.54) is 0 Å². The molecule has 0 saturated carbocycles. The highest BCUT2D eigenvalue weighted by Gasteiger charge is 2.15. The van der Waals surface area contributed by atoms with Gasteiger partial charge in [0.2, 0.25) is 0 Å². The molecule has 0 bridgehead atoms. The molecule has 0 fully saturated rings. The molecule has 1 aromatic carbocycles. The zero-order valence-corrected chi connectivity index (χ0v) is 12.3. The molecule has 5 nitrogen and oxygen atoms in total. The normalized spacial score (nSPS) is 12.3. The third kappa shape index (κ3) is 3.62. The number of para-hydroxylation sites is 1. The molecule has 0 saturated heterocycles. The van der Waals surface area contributed by atoms with Crippen molar-refractivity contribution in [2.75, 3.05) is 0 Å². The molecule has 2 rings (SSSR count). The molecule has 1 atom stereocenters. The first kappa shape index (κ1) is 15.1. The zero-order chi connectivity index (χ0) is 15.4. The number of benzene rings is 1. The van der Waals surface area contributed by atoms with Crippen LogP contribution in [-0.2, 0) is 11.8 Å². The number of rotatable bonds is 6. The van der Waals surface area contributed by atoms with Crippen LogP contribution < -0.4 is 5.32 Å². The number of carbonyl (C=O) groups is 2. The average Bonchev–Trinajstić information content (AvgIpc) is 2.76. The maximum Gasteiger partial charge on any atom is 0.303 e. The molecule has 1 unspecified atom stereocenters. The molecular formula is C16H20N2O3. The second-order valence-electron chi connectivity index (χ2n) is 5.33. The Hall–Kier alpha value is -2.30. The van der Waals surface area contributed by atoms with Gasteiger partial charge in [-0.15, -0.1) is 0 Å². The third-order valence-electron chi connectivity index (χ3n) is 3.55. The number of amides is 1. The summed E-state index contributed by atoms with van der Waals surface area (Å²) in [5.41, 5.74) is 1.67. The van der Waals surface area contributed by atoms with Crippen LogP contribution in [0, 0.1) is 0 Å². The molecule has 5 heteroatoms. The fraction of sp³-hybridized carbons (Fsp3) is 0.375. The number of nitrogens with one attached hydrogen (secondary N) is 1. The first-order valence-corrected chi connectivity index (χ1v) is 7.05. The van der Waals surface area contributed by atoms with Gasteiger partial charge >= 0.3 is 5.97 Å². The topological polar surface area (TPSA) is 71.3 Å². The predicted octanol–water partition coefficient (Wildman–Crippen LogP) is 2.55. The highest BCUT2D eigenvalue weighted by Crippen LogP contribution is 2.20. The van der Waals surface area contributed by atoms with Crippen molar-refractivity contribution in [1.29, 1.82) is 0 Å². The number of aromatic nitrogens is 1. The van der Waals surface area contributed by atoms with Crippen LogP contribution in [0.3, 0.4) is 0 Å². The van der Waals surface area contributed by atoms with E-state index in [2.05, 4.69) is 5.32 Å². The minimum atomic E-state index is -0.803. The molecule has 112 valence electrons. The summed E-state index contributed by atoms with van der Waals surface area (Å²) in [7, 11) is 1.91. The standard InChI is InChI=1S/C16H20N2O3/c1-11(6-5-9-15(19)20)17-16(21)13-10-18(2)14-8-4-3-7-12(13)14/h3-4,7-8,10-11H,5-6,9H2,1-2H3,(H,17,21)(H,19,20). The monoisotopic (exact) mass is 288 g/mol. The SMILES string of the molecule is CC(CCCC(=O)O)NC(=O)c1cn(C)c2ccccc12. The Morgan fingerprint density at radius 3 is 2.76 bits per heavy atom. The van der Waals surface area contributed by atoms with Crippen molar-refractivity contribution in [3.63, 3.8) is 0 Å². The van der Waals surface area contributed by atoms with Gasteiger partial charge in [0.05, 0.1) is 5.56 Å². The summed E-state index contributed by atoms with van der Waals surface area (Å²) in [6.45, 7) is 1.89. The number of fused-ring (bicyclic) bond motifs is 1. The van der Waals surface area contributed by atoms with Gasteiger partial charge in [-0.05, 0) is 25.8 Å². The van der Waals surface area contributed by atoms with E-state index < -0.39 is 5.97 Å². The number of hydrogen-bond donors (Lipinski definition) is 2. The molecule has 0 spiro atoms. The molecular weight excluding hydrogens is 268 g/mol. The Balaban J connectivity index is 2.04. The van der Waals surface area contributed by atoms with Crippen LogP contribution in [0.4, 0.5) is 0 Å². The van der Waals surface area contributed by atoms with E-state index in [1.54, 1.807) is 0 Å². The Morgan fingerprint density at radius 1 is 1.33 bits per heavy atom. The van der Waals surface area contributed by atoms with Gasteiger partial charge in [0.15, 0.2) is 0 Å². The largest absolute Gasteiger partial charge is 0.481 e. The number of hydrogen-bond acceptors (Lipinski definition) is 2. The molecule has 2 N–H and O–H groups in total. The molecule has 21 heavy (non-hydrogen) atoms. The van der Waals surface area contributed by atoms with Gasteiger partial charge in [-0.2, -0.15) is 0 Å². The second-order valence-corrected chi connectivity index (χ2v) is 5.33. The number of aliphatic carboxylic acids is 1. The minimum absolute atomic E-state index is 0.0455. The first-order chi connectivity index (χ1) is 9.99. The Labute approximate surface area is 123 Å². The van der Waals surface area contributed by atoms with Crippen LogP contribution in [0.25, 0.3) is 10.9 Å². The van der Waals surface area contributed by atoms with Gasteiger partial charge in [0, 0.05) is 36.6 Å². The zero-order valence-electron chi connectivity index (χ0n) is 12.3. The number of carbonyl (C=O) groups excluding carboxylic acids is 1. The fourth-order valence-corrected chi connectivity index (χ4v) is 2.46. The Bertz CT molecular complexity index is 661. The highest BCUT2D eigenvalue weighted by atomic mass is 16.4. The van der Waals surface area contributed by atoms with Crippen molar-refractivity contribution >= 4 is 22.8 Å². The predicted molar refractivity (Wildman–Crippen MR) is 81.3 cm³/mol. The summed E-state index contributed by atoms with van der Waals surface area (Å²) in [5.74, 6) is -0.919. The van der Waals surface area contributed by atoms with Gasteiger partial charge < -0.3 is 15.0 Å². The quantitative estimate of drug-likeness (QED) is 0.858. The lowest BCUT2D eigenvalue weighted by molar-refractivity contribution is -0.137. The molecule has 0 aliphatic heterocycles. The summed E-state index contributed by atoms with van der Waals surface area (Å²) in [4.78, 5) is 22.8. The van der Waals surface area contributed by atoms with Crippen LogP contribution >= 0.6 is 0 Å². The lowest BCUT2D eigenvalue weighted by atomic mass is 10.1. The van der Waals surface area contributed by atoms with E-state index in [1.807, 2.05) is 49.0 Å². The minimum Gasteiger partial charge on any atom is -0.481 e. The lowest BCUT2D eigenvalue weighted by Crippen LogP contribution is -2.32. The number of carboxylic acid groups (broad SMARTS) is 1. The Kier molecular flexibility index (Phi) is 4.62. The van der Waals surface area contributed by atoms with E-state index in [9.17, 15) is 9.59 Å². The van der Waals surface area contributed by atoms with Crippen LogP contribution in [0.1, 0.15) is 36.5 Å². The van der Waals surface area contributed by atoms with Gasteiger partial charge in [0.1, 0.15) is 0 Å². The van der Waals surface area contributed by atoms with E-state index in [0.717, 1.165) is 10.9 Å². The lowest BCUT2D eigenvalue weighted by Gasteiger charge is -2.12. The van der Waals surface area contributed by atoms with Crippen molar-refractivity contribution in [2.45, 2.75) is 32.2 Å². The van der Waals surface area contributed by atoms with Gasteiger partial charge in [-0.25, -0.2) is 0 Å². The summed E-state index contributed by atoms with van der Waals surface area (Å²) in [6, 6.07) is 7.71. The van der Waals surface area contributed by atoms with Gasteiger partial charge in [0.25, 0.3) is 5.91 Å². The van der Waals surface area contributed by atoms with Crippen LogP contribution in [-0.4, -0.2) is 27.6 Å². The molecule has 0 aliphatic rings. The molecule has 0 radical (unpaired) electrons. The highest BCUT2D eigenvalue weighted by molar-refractivity contribution is 6.07. The van der Waals surface area contributed by atoms with E-state index in [4.69, 9.17) is 5.11 Å². The van der Waals surface area contributed by atoms with Crippen molar-refractivity contribution in [3.05, 3.63) is 36.0 Å². The Morgan fingerprint density at radius 2 is 2.05 bits per heavy atom. The van der Waals surface area contributed by atoms with Crippen molar-refractivity contribution in [1.82, 2.24) is 9.88 Å². The van der Waals surface area contributed by atoms with Crippen LogP contribution in [0.15, 0.2) is 30.5 Å². The van der Waals surface area contributed by atoms with Crippen molar-refractivity contribution < 1.29 is 14.7 Å². The molecule has 2 aromatic rings. The van der Waals surface area contributed by atoms with Crippen LogP contribution in [0.2, 0.25) is 0 Å². The van der Waals surface area contributed by atoms with E-state index in [-0.39, 0.29) is 18.4 Å². The number of aryl methyl sites for hydroxylation is 1. The maximum absolute atomic E-state index is 12.3. The molecule has 0 aliphatic carbocycles. The first-order valence-electron chi connectivity index (χ1n) is 7.05. The third-order valence-corrected chi connectivity index (χ3v) is 3.55. The molecule has 1 heterocycles. The summed E-state index contributed by atoms with van der Waals surface area (Å²) >= 11 is 0. The second kappa shape index (κ2) is 6.43. The maximum atomic E-state index is 12.3. The number of nitrogens with zero attached hydrogens (tertiary/aromatic N) is 1. The van der Waals surface area contributed by atoms with E-state index in [0.29, 0.717) is 18.4 Å². The molecule has 1 aromatic heterocycles. The van der Waals surface area contributed by atoms with Gasteiger partial charge in [-0.3, -0.25) is 9.59 Å². The van der Waals surface area contributed by atoms with Crippen molar-refractivity contribution in [2.24, 2.45) is 7.05 Å². The van der Waals surface area contributed by atoms with Gasteiger partial charge in [-0.1, -0.05) is 18.2 Å². The summed E-state index contributed by atoms with van der Waals surface area (Å²) in [6.07, 6.45) is 3.17. The number of carboxylic acids is 1. The molecule has 1 amide bonds. The fourth-order valence-electron chi connectivity index (χ4n) is 2.46. The summed E-state index contributed by atoms with van der Waals surface area (Å²) in [5, 5.41) is 12.5. The van der Waals surface area contributed by atoms with E-state index >= 15 is 0 Å². The van der Waals surface area contributed by atoms with Crippen LogP contribution in [0.5, 0.6) is 0 Å². The average molecular weight is 288 g/mol. The summed E-state index contributed by atoms with van der Waals surface area (Å²) < 4.78 is 1.93.